The van der Waals surface area contributed by atoms with Crippen LogP contribution < -0.4 is 5.32 Å². The van der Waals surface area contributed by atoms with E-state index in [2.05, 4.69) is 5.32 Å². The highest BCUT2D eigenvalue weighted by Gasteiger charge is 2.48. The molecule has 7 nitrogen and oxygen atoms in total. The first-order chi connectivity index (χ1) is 16.1. The molecule has 1 saturated heterocycles. The minimum absolute atomic E-state index is 0.193. The highest BCUT2D eigenvalue weighted by atomic mass is 16.2. The van der Waals surface area contributed by atoms with Crippen LogP contribution in [0.5, 0.6) is 0 Å². The van der Waals surface area contributed by atoms with E-state index in [0.717, 1.165) is 53.1 Å². The van der Waals surface area contributed by atoms with E-state index < -0.39 is 0 Å². The van der Waals surface area contributed by atoms with Gasteiger partial charge in [0.1, 0.15) is 6.54 Å². The van der Waals surface area contributed by atoms with Crippen LogP contribution in [-0.4, -0.2) is 38.9 Å². The van der Waals surface area contributed by atoms with Gasteiger partial charge in [0.15, 0.2) is 0 Å². The Balaban J connectivity index is 1.32. The van der Waals surface area contributed by atoms with Gasteiger partial charge in [0, 0.05) is 23.9 Å². The van der Waals surface area contributed by atoms with Gasteiger partial charge in [-0.1, -0.05) is 61.4 Å². The summed E-state index contributed by atoms with van der Waals surface area (Å²) in [4.78, 5) is 39.2. The van der Waals surface area contributed by atoms with Gasteiger partial charge in [0.2, 0.25) is 17.7 Å². The molecule has 1 aliphatic heterocycles. The fraction of sp³-hybridized carbons (Fsp3) is 0.308. The molecule has 5 rings (SSSR count). The molecule has 1 N–H and O–H groups in total. The summed E-state index contributed by atoms with van der Waals surface area (Å²) in [6.45, 7) is 0.0249. The minimum atomic E-state index is -0.346. The molecule has 7 heteroatoms. The van der Waals surface area contributed by atoms with Crippen molar-refractivity contribution in [3.8, 4) is 16.9 Å². The molecular formula is C26H26N4O3. The van der Waals surface area contributed by atoms with Crippen molar-refractivity contribution in [2.45, 2.75) is 32.2 Å². The molecular weight excluding hydrogens is 416 g/mol. The lowest BCUT2D eigenvalue weighted by molar-refractivity contribution is -0.143. The molecule has 3 aromatic rings. The second kappa shape index (κ2) is 9.02. The predicted molar refractivity (Wildman–Crippen MR) is 123 cm³/mol. The number of fused-ring (bicyclic) bond motifs is 1. The average Bonchev–Trinajstić information content (AvgIpc) is 3.40. The summed E-state index contributed by atoms with van der Waals surface area (Å²) in [5.74, 6) is -1.22. The molecule has 3 amide bonds. The van der Waals surface area contributed by atoms with Crippen molar-refractivity contribution < 1.29 is 14.4 Å². The highest BCUT2D eigenvalue weighted by molar-refractivity contribution is 6.07. The molecule has 0 unspecified atom stereocenters. The number of carbonyl (C=O) groups excluding carboxylic acids is 3. The summed E-state index contributed by atoms with van der Waals surface area (Å²) in [6.07, 6.45) is 5.32. The normalized spacial score (nSPS) is 20.1. The molecule has 33 heavy (non-hydrogen) atoms. The maximum atomic E-state index is 12.7. The lowest BCUT2D eigenvalue weighted by Gasteiger charge is -2.19. The summed E-state index contributed by atoms with van der Waals surface area (Å²) >= 11 is 0. The predicted octanol–water partition coefficient (Wildman–Crippen LogP) is 3.33. The SMILES string of the molecule is O=C(CN1C(=O)[C@H]2CCCC[C@H]2C1=O)NCc1cn(-c2ccccc2)nc1-c1ccccc1. The lowest BCUT2D eigenvalue weighted by Crippen LogP contribution is -2.40. The standard InChI is InChI=1S/C26H26N4O3/c31-23(17-29-25(32)21-13-7-8-14-22(21)26(29)33)27-15-19-16-30(20-11-5-2-6-12-20)28-24(19)18-9-3-1-4-10-18/h1-6,9-12,16,21-22H,7-8,13-15,17H2,(H,27,31)/t21-,22+. The molecule has 1 aliphatic carbocycles. The zero-order valence-corrected chi connectivity index (χ0v) is 18.3. The summed E-state index contributed by atoms with van der Waals surface area (Å²) in [5, 5.41) is 7.64. The number of imide groups is 1. The van der Waals surface area contributed by atoms with Crippen molar-refractivity contribution in [1.82, 2.24) is 20.0 Å². The third kappa shape index (κ3) is 4.18. The van der Waals surface area contributed by atoms with Crippen LogP contribution in [0.2, 0.25) is 0 Å². The van der Waals surface area contributed by atoms with Gasteiger partial charge in [0.05, 0.1) is 23.2 Å². The number of likely N-dealkylation sites (tertiary alicyclic amines) is 1. The zero-order valence-electron chi connectivity index (χ0n) is 18.3. The number of benzene rings is 2. The molecule has 1 aromatic heterocycles. The van der Waals surface area contributed by atoms with Gasteiger partial charge in [-0.05, 0) is 25.0 Å². The Hall–Kier alpha value is -3.74. The van der Waals surface area contributed by atoms with Crippen LogP contribution in [0.4, 0.5) is 0 Å². The smallest absolute Gasteiger partial charge is 0.240 e. The van der Waals surface area contributed by atoms with E-state index in [1.807, 2.05) is 66.9 Å². The molecule has 2 aliphatic rings. The molecule has 2 atom stereocenters. The number of hydrogen-bond donors (Lipinski definition) is 1. The average molecular weight is 443 g/mol. The van der Waals surface area contributed by atoms with E-state index in [1.54, 1.807) is 4.68 Å². The topological polar surface area (TPSA) is 84.3 Å². The van der Waals surface area contributed by atoms with Gasteiger partial charge in [-0.2, -0.15) is 5.10 Å². The first-order valence-electron chi connectivity index (χ1n) is 11.4. The van der Waals surface area contributed by atoms with Crippen molar-refractivity contribution in [3.05, 3.63) is 72.4 Å². The maximum absolute atomic E-state index is 12.7. The van der Waals surface area contributed by atoms with Gasteiger partial charge in [-0.3, -0.25) is 19.3 Å². The van der Waals surface area contributed by atoms with E-state index in [-0.39, 0.29) is 42.6 Å². The first kappa shape index (κ1) is 21.1. The van der Waals surface area contributed by atoms with Gasteiger partial charge in [-0.25, -0.2) is 4.68 Å². The van der Waals surface area contributed by atoms with Crippen LogP contribution in [-0.2, 0) is 20.9 Å². The number of para-hydroxylation sites is 1. The summed E-state index contributed by atoms with van der Waals surface area (Å²) < 4.78 is 1.79. The summed E-state index contributed by atoms with van der Waals surface area (Å²) in [7, 11) is 0. The van der Waals surface area contributed by atoms with Crippen molar-refractivity contribution >= 4 is 17.7 Å². The van der Waals surface area contributed by atoms with E-state index in [9.17, 15) is 14.4 Å². The molecule has 0 radical (unpaired) electrons. The number of rotatable bonds is 6. The monoisotopic (exact) mass is 442 g/mol. The minimum Gasteiger partial charge on any atom is -0.350 e. The number of carbonyl (C=O) groups is 3. The van der Waals surface area contributed by atoms with Crippen LogP contribution in [0.1, 0.15) is 31.2 Å². The fourth-order valence-electron chi connectivity index (χ4n) is 4.87. The van der Waals surface area contributed by atoms with Crippen LogP contribution in [0.3, 0.4) is 0 Å². The zero-order chi connectivity index (χ0) is 22.8. The number of nitrogens with one attached hydrogen (secondary N) is 1. The third-order valence-corrected chi connectivity index (χ3v) is 6.57. The van der Waals surface area contributed by atoms with Crippen LogP contribution in [0.15, 0.2) is 66.9 Å². The number of aromatic nitrogens is 2. The van der Waals surface area contributed by atoms with Crippen molar-refractivity contribution in [2.24, 2.45) is 11.8 Å². The van der Waals surface area contributed by atoms with E-state index >= 15 is 0 Å². The molecule has 1 saturated carbocycles. The quantitative estimate of drug-likeness (QED) is 0.594. The Kier molecular flexibility index (Phi) is 5.77. The molecule has 2 aromatic carbocycles. The number of nitrogens with zero attached hydrogens (tertiary/aromatic N) is 3. The summed E-state index contributed by atoms with van der Waals surface area (Å²) in [6, 6.07) is 19.6. The number of amides is 3. The molecule has 0 bridgehead atoms. The second-order valence-corrected chi connectivity index (χ2v) is 8.69. The largest absolute Gasteiger partial charge is 0.350 e. The van der Waals surface area contributed by atoms with E-state index in [1.165, 1.54) is 0 Å². The fourth-order valence-corrected chi connectivity index (χ4v) is 4.87. The summed E-state index contributed by atoms with van der Waals surface area (Å²) in [5.41, 5.74) is 3.50. The Morgan fingerprint density at radius 3 is 2.15 bits per heavy atom. The maximum Gasteiger partial charge on any atom is 0.240 e. The van der Waals surface area contributed by atoms with Crippen molar-refractivity contribution in [2.75, 3.05) is 6.54 Å². The highest BCUT2D eigenvalue weighted by Crippen LogP contribution is 2.37. The Morgan fingerprint density at radius 2 is 1.52 bits per heavy atom. The lowest BCUT2D eigenvalue weighted by atomic mass is 9.81. The van der Waals surface area contributed by atoms with Gasteiger partial charge >= 0.3 is 0 Å². The van der Waals surface area contributed by atoms with Gasteiger partial charge < -0.3 is 5.32 Å². The number of hydrogen-bond acceptors (Lipinski definition) is 4. The van der Waals surface area contributed by atoms with Gasteiger partial charge in [0.25, 0.3) is 0 Å². The molecule has 168 valence electrons. The first-order valence-corrected chi connectivity index (χ1v) is 11.4. The van der Waals surface area contributed by atoms with Gasteiger partial charge in [-0.15, -0.1) is 0 Å². The van der Waals surface area contributed by atoms with Crippen LogP contribution >= 0.6 is 0 Å². The van der Waals surface area contributed by atoms with Crippen LogP contribution in [0.25, 0.3) is 16.9 Å². The molecule has 2 fully saturated rings. The van der Waals surface area contributed by atoms with Crippen molar-refractivity contribution in [1.29, 1.82) is 0 Å². The van der Waals surface area contributed by atoms with Crippen molar-refractivity contribution in [3.63, 3.8) is 0 Å². The Bertz CT molecular complexity index is 1150. The third-order valence-electron chi connectivity index (χ3n) is 6.57. The Morgan fingerprint density at radius 1 is 0.909 bits per heavy atom. The van der Waals surface area contributed by atoms with Crippen LogP contribution in [0, 0.1) is 11.8 Å². The van der Waals surface area contributed by atoms with E-state index in [0.29, 0.717) is 0 Å². The van der Waals surface area contributed by atoms with E-state index in [4.69, 9.17) is 5.10 Å². The molecule has 2 heterocycles. The second-order valence-electron chi connectivity index (χ2n) is 8.69. The Labute approximate surface area is 192 Å². The molecule has 0 spiro atoms.